The number of carbonyl (C=O) groups is 3. The molecule has 10 heteroatoms. The number of nitrogens with one attached hydrogen (secondary N) is 4. The zero-order valence-electron chi connectivity index (χ0n) is 15.7. The number of amides is 3. The molecule has 0 saturated carbocycles. The Kier molecular flexibility index (Phi) is 8.10. The highest BCUT2D eigenvalue weighted by Gasteiger charge is 2.09. The van der Waals surface area contributed by atoms with Gasteiger partial charge >= 0.3 is 0 Å². The molecule has 0 aliphatic rings. The van der Waals surface area contributed by atoms with Gasteiger partial charge in [-0.25, -0.2) is 0 Å². The van der Waals surface area contributed by atoms with Gasteiger partial charge in [0.15, 0.2) is 11.7 Å². The van der Waals surface area contributed by atoms with Crippen LogP contribution in [0, 0.1) is 6.92 Å². The minimum Gasteiger partial charge on any atom is -0.483 e. The number of halogens is 1. The van der Waals surface area contributed by atoms with Crippen molar-refractivity contribution in [2.75, 3.05) is 11.9 Å². The number of rotatable bonds is 5. The average Bonchev–Trinajstić information content (AvgIpc) is 2.65. The lowest BCUT2D eigenvalue weighted by Crippen LogP contribution is -2.49. The smallest absolute Gasteiger partial charge is 0.269 e. The first-order chi connectivity index (χ1) is 13.7. The molecule has 152 valence electrons. The average molecular weight is 479 g/mol. The lowest BCUT2D eigenvalue weighted by atomic mass is 10.2. The van der Waals surface area contributed by atoms with E-state index in [0.29, 0.717) is 17.0 Å². The molecule has 0 saturated heterocycles. The zero-order valence-corrected chi connectivity index (χ0v) is 18.1. The summed E-state index contributed by atoms with van der Waals surface area (Å²) in [5.41, 5.74) is 6.62. The van der Waals surface area contributed by atoms with Crippen LogP contribution in [0.4, 0.5) is 5.69 Å². The molecule has 8 nitrogen and oxygen atoms in total. The molecule has 2 aromatic carbocycles. The van der Waals surface area contributed by atoms with Crippen LogP contribution >= 0.6 is 28.1 Å². The van der Waals surface area contributed by atoms with Crippen LogP contribution in [0.15, 0.2) is 46.9 Å². The first kappa shape index (κ1) is 22.3. The van der Waals surface area contributed by atoms with Crippen molar-refractivity contribution in [3.05, 3.63) is 58.1 Å². The van der Waals surface area contributed by atoms with E-state index >= 15 is 0 Å². The van der Waals surface area contributed by atoms with Crippen molar-refractivity contribution in [1.29, 1.82) is 0 Å². The molecule has 4 N–H and O–H groups in total. The van der Waals surface area contributed by atoms with Crippen LogP contribution in [-0.2, 0) is 9.59 Å². The van der Waals surface area contributed by atoms with Gasteiger partial charge in [-0.2, -0.15) is 0 Å². The van der Waals surface area contributed by atoms with E-state index in [1.54, 1.807) is 18.2 Å². The Morgan fingerprint density at radius 2 is 1.76 bits per heavy atom. The molecular weight excluding hydrogens is 460 g/mol. The molecule has 0 aliphatic carbocycles. The molecule has 0 spiro atoms. The number of ether oxygens (including phenoxy) is 1. The zero-order chi connectivity index (χ0) is 21.4. The number of thiocarbonyl (C=S) groups is 1. The maximum absolute atomic E-state index is 12.1. The van der Waals surface area contributed by atoms with Crippen LogP contribution < -0.4 is 26.2 Å². The van der Waals surface area contributed by atoms with E-state index in [9.17, 15) is 14.4 Å². The van der Waals surface area contributed by atoms with Crippen molar-refractivity contribution >= 4 is 56.7 Å². The van der Waals surface area contributed by atoms with Gasteiger partial charge < -0.3 is 10.1 Å². The van der Waals surface area contributed by atoms with E-state index in [4.69, 9.17) is 17.0 Å². The summed E-state index contributed by atoms with van der Waals surface area (Å²) < 4.78 is 6.36. The van der Waals surface area contributed by atoms with Gasteiger partial charge in [0.05, 0.1) is 0 Å². The van der Waals surface area contributed by atoms with Crippen molar-refractivity contribution < 1.29 is 19.1 Å². The highest BCUT2D eigenvalue weighted by atomic mass is 79.9. The Morgan fingerprint density at radius 3 is 2.38 bits per heavy atom. The lowest BCUT2D eigenvalue weighted by Gasteiger charge is -2.12. The van der Waals surface area contributed by atoms with Gasteiger partial charge in [0.25, 0.3) is 11.8 Å². The third-order valence-electron chi connectivity index (χ3n) is 3.51. The van der Waals surface area contributed by atoms with E-state index in [1.165, 1.54) is 19.1 Å². The maximum atomic E-state index is 12.1. The second kappa shape index (κ2) is 10.5. The molecule has 0 fully saturated rings. The Hall–Kier alpha value is -2.98. The van der Waals surface area contributed by atoms with Gasteiger partial charge in [-0.15, -0.1) is 0 Å². The Morgan fingerprint density at radius 1 is 1.07 bits per heavy atom. The molecule has 0 radical (unpaired) electrons. The summed E-state index contributed by atoms with van der Waals surface area (Å²) in [7, 11) is 0. The Balaban J connectivity index is 1.76. The molecule has 0 bridgehead atoms. The first-order valence-corrected chi connectivity index (χ1v) is 9.61. The molecule has 0 unspecified atom stereocenters. The topological polar surface area (TPSA) is 109 Å². The van der Waals surface area contributed by atoms with Gasteiger partial charge in [-0.3, -0.25) is 30.6 Å². The molecule has 3 amide bonds. The number of hydrogen-bond donors (Lipinski definition) is 4. The lowest BCUT2D eigenvalue weighted by molar-refractivity contribution is -0.121. The summed E-state index contributed by atoms with van der Waals surface area (Å²) in [5.74, 6) is -0.557. The second-order valence-corrected chi connectivity index (χ2v) is 7.24. The fourth-order valence-electron chi connectivity index (χ4n) is 2.21. The van der Waals surface area contributed by atoms with Crippen molar-refractivity contribution in [3.63, 3.8) is 0 Å². The van der Waals surface area contributed by atoms with Crippen LogP contribution in [0.3, 0.4) is 0 Å². The molecule has 0 atom stereocenters. The summed E-state index contributed by atoms with van der Waals surface area (Å²) >= 11 is 8.33. The predicted octanol–water partition coefficient (Wildman–Crippen LogP) is 2.43. The van der Waals surface area contributed by atoms with E-state index in [0.717, 1.165) is 10.0 Å². The minimum absolute atomic E-state index is 0.0747. The van der Waals surface area contributed by atoms with E-state index in [-0.39, 0.29) is 17.6 Å². The number of benzene rings is 2. The van der Waals surface area contributed by atoms with Crippen LogP contribution in [0.1, 0.15) is 22.8 Å². The SMILES string of the molecule is CC(=O)Nc1ccc(C(=O)NNC(=S)NC(=O)COc2ccc(Br)cc2C)cc1. The normalized spacial score (nSPS) is 9.90. The fraction of sp³-hybridized carbons (Fsp3) is 0.158. The van der Waals surface area contributed by atoms with Crippen molar-refractivity contribution in [1.82, 2.24) is 16.2 Å². The summed E-state index contributed by atoms with van der Waals surface area (Å²) in [6, 6.07) is 11.7. The molecule has 2 aromatic rings. The molecule has 0 aliphatic heterocycles. The number of hydrazine groups is 1. The molecule has 2 rings (SSSR count). The van der Waals surface area contributed by atoms with Crippen molar-refractivity contribution in [2.24, 2.45) is 0 Å². The summed E-state index contributed by atoms with van der Waals surface area (Å²) in [4.78, 5) is 35.0. The quantitative estimate of drug-likeness (QED) is 0.388. The molecule has 0 heterocycles. The number of anilines is 1. The second-order valence-electron chi connectivity index (χ2n) is 5.91. The van der Waals surface area contributed by atoms with Crippen LogP contribution in [0.5, 0.6) is 5.75 Å². The van der Waals surface area contributed by atoms with Gasteiger partial charge in [-0.1, -0.05) is 15.9 Å². The van der Waals surface area contributed by atoms with E-state index in [2.05, 4.69) is 37.4 Å². The van der Waals surface area contributed by atoms with Crippen LogP contribution in [-0.4, -0.2) is 29.4 Å². The maximum Gasteiger partial charge on any atom is 0.269 e. The van der Waals surface area contributed by atoms with Crippen molar-refractivity contribution in [3.8, 4) is 5.75 Å². The summed E-state index contributed by atoms with van der Waals surface area (Å²) in [6.45, 7) is 3.02. The van der Waals surface area contributed by atoms with Gasteiger partial charge in [0.1, 0.15) is 5.75 Å². The molecule has 29 heavy (non-hydrogen) atoms. The number of aryl methyl sites for hydroxylation is 1. The summed E-state index contributed by atoms with van der Waals surface area (Å²) in [6.07, 6.45) is 0. The van der Waals surface area contributed by atoms with E-state index < -0.39 is 11.8 Å². The van der Waals surface area contributed by atoms with E-state index in [1.807, 2.05) is 19.1 Å². The number of hydrogen-bond acceptors (Lipinski definition) is 5. The third kappa shape index (κ3) is 7.51. The Labute approximate surface area is 181 Å². The molecule has 0 aromatic heterocycles. The Bertz CT molecular complexity index is 934. The molecular formula is C19H19BrN4O4S. The standard InChI is InChI=1S/C19H19BrN4O4S/c1-11-9-14(20)5-8-16(11)28-10-17(26)22-19(29)24-23-18(27)13-3-6-15(7-4-13)21-12(2)25/h3-9H,10H2,1-2H3,(H,21,25)(H,23,27)(H2,22,24,26,29). The van der Waals surface area contributed by atoms with Gasteiger partial charge in [0, 0.05) is 22.6 Å². The van der Waals surface area contributed by atoms with Gasteiger partial charge in [0.2, 0.25) is 5.91 Å². The van der Waals surface area contributed by atoms with Crippen LogP contribution in [0.25, 0.3) is 0 Å². The largest absolute Gasteiger partial charge is 0.483 e. The minimum atomic E-state index is -0.473. The monoisotopic (exact) mass is 478 g/mol. The van der Waals surface area contributed by atoms with Crippen molar-refractivity contribution in [2.45, 2.75) is 13.8 Å². The summed E-state index contributed by atoms with van der Waals surface area (Å²) in [5, 5.41) is 4.93. The van der Waals surface area contributed by atoms with Gasteiger partial charge in [-0.05, 0) is 67.2 Å². The highest BCUT2D eigenvalue weighted by molar-refractivity contribution is 9.10. The third-order valence-corrected chi connectivity index (χ3v) is 4.20. The first-order valence-electron chi connectivity index (χ1n) is 8.41. The predicted molar refractivity (Wildman–Crippen MR) is 116 cm³/mol. The highest BCUT2D eigenvalue weighted by Crippen LogP contribution is 2.21. The fourth-order valence-corrected chi connectivity index (χ4v) is 2.85. The van der Waals surface area contributed by atoms with Crippen LogP contribution in [0.2, 0.25) is 0 Å². The number of carbonyl (C=O) groups excluding carboxylic acids is 3.